The molecule has 0 aliphatic heterocycles. The van der Waals surface area contributed by atoms with Crippen molar-refractivity contribution in [3.05, 3.63) is 132 Å². The van der Waals surface area contributed by atoms with Crippen LogP contribution in [0.2, 0.25) is 0 Å². The fraction of sp³-hybridized carbons (Fsp3) is 0.600. The fourth-order valence-corrected chi connectivity index (χ4v) is 5.32. The third-order valence-electron chi connectivity index (χ3n) is 8.60. The zero-order valence-corrected chi connectivity index (χ0v) is 33.8. The third kappa shape index (κ3) is 22.2. The van der Waals surface area contributed by atoms with Crippen LogP contribution in [0.5, 0.6) is 0 Å². The van der Waals surface area contributed by atoms with E-state index in [0.29, 0.717) is 26.2 Å². The fourth-order valence-electron chi connectivity index (χ4n) is 5.32. The number of aromatic amines is 4. The Labute approximate surface area is 326 Å². The van der Waals surface area contributed by atoms with E-state index in [0.717, 1.165) is 51.4 Å². The van der Waals surface area contributed by atoms with Crippen LogP contribution in [0.15, 0.2) is 87.4 Å². The summed E-state index contributed by atoms with van der Waals surface area (Å²) in [5.41, 5.74) is -2.58. The van der Waals surface area contributed by atoms with Crippen LogP contribution in [0.3, 0.4) is 0 Å². The quantitative estimate of drug-likeness (QED) is 0.0935. The molecule has 16 nitrogen and oxygen atoms in total. The molecule has 0 bridgehead atoms. The average molecular weight is 785 g/mol. The minimum Gasteiger partial charge on any atom is -0.301 e. The molecule has 0 fully saturated rings. The van der Waals surface area contributed by atoms with Crippen molar-refractivity contribution in [2.45, 2.75) is 157 Å². The summed E-state index contributed by atoms with van der Waals surface area (Å²) in [6, 6.07) is 5.50. The summed E-state index contributed by atoms with van der Waals surface area (Å²) in [7, 11) is 0. The van der Waals surface area contributed by atoms with Crippen LogP contribution in [0.1, 0.15) is 130 Å². The van der Waals surface area contributed by atoms with Crippen molar-refractivity contribution in [2.24, 2.45) is 0 Å². The average Bonchev–Trinajstić information content (AvgIpc) is 3.16. The van der Waals surface area contributed by atoms with E-state index >= 15 is 0 Å². The maximum atomic E-state index is 11.2. The molecule has 4 rings (SSSR count). The van der Waals surface area contributed by atoms with Gasteiger partial charge in [0, 0.05) is 75.2 Å². The SMILES string of the molecule is CCCCCCn1ccc(=O)[nH]c1=O.CCCCCCn1ccc(=O)[nH]c1=O.CCCCCCn1ccc(=O)[nH]c1=O.CCCCCCn1ccc(=O)[nH]c1=O. The number of H-pyrrole nitrogens is 4. The molecule has 56 heavy (non-hydrogen) atoms. The molecule has 0 spiro atoms. The molecule has 0 atom stereocenters. The van der Waals surface area contributed by atoms with E-state index in [-0.39, 0.29) is 45.0 Å². The molecule has 0 aromatic carbocycles. The van der Waals surface area contributed by atoms with Gasteiger partial charge in [-0.25, -0.2) is 19.2 Å². The highest BCUT2D eigenvalue weighted by atomic mass is 16.2. The molecular weight excluding hydrogens is 720 g/mol. The van der Waals surface area contributed by atoms with E-state index in [1.165, 1.54) is 93.9 Å². The zero-order chi connectivity index (χ0) is 41.6. The van der Waals surface area contributed by atoms with Crippen LogP contribution in [0.25, 0.3) is 0 Å². The summed E-state index contributed by atoms with van der Waals surface area (Å²) in [5, 5.41) is 0. The summed E-state index contributed by atoms with van der Waals surface area (Å²) in [5.74, 6) is 0. The molecule has 4 aromatic heterocycles. The molecule has 0 radical (unpaired) electrons. The first kappa shape index (κ1) is 48.7. The number of unbranched alkanes of at least 4 members (excludes halogenated alkanes) is 12. The second-order valence-corrected chi connectivity index (χ2v) is 13.5. The molecule has 4 N–H and O–H groups in total. The molecular formula is C40H64N8O8. The van der Waals surface area contributed by atoms with Gasteiger partial charge in [-0.1, -0.05) is 105 Å². The maximum absolute atomic E-state index is 11.2. The largest absolute Gasteiger partial charge is 0.328 e. The van der Waals surface area contributed by atoms with Crippen LogP contribution in [0, 0.1) is 0 Å². The van der Waals surface area contributed by atoms with Gasteiger partial charge in [-0.3, -0.25) is 39.1 Å². The van der Waals surface area contributed by atoms with Gasteiger partial charge in [0.25, 0.3) is 22.2 Å². The minimum absolute atomic E-state index is 0.311. The Morgan fingerprint density at radius 1 is 0.321 bits per heavy atom. The van der Waals surface area contributed by atoms with Crippen molar-refractivity contribution < 1.29 is 0 Å². The van der Waals surface area contributed by atoms with E-state index in [9.17, 15) is 38.4 Å². The van der Waals surface area contributed by atoms with Gasteiger partial charge in [0.15, 0.2) is 0 Å². The number of nitrogens with zero attached hydrogens (tertiary/aromatic N) is 4. The van der Waals surface area contributed by atoms with E-state index < -0.39 is 0 Å². The van der Waals surface area contributed by atoms with Crippen molar-refractivity contribution in [1.29, 1.82) is 0 Å². The Bertz CT molecular complexity index is 1810. The highest BCUT2D eigenvalue weighted by Gasteiger charge is 1.98. The zero-order valence-electron chi connectivity index (χ0n) is 33.8. The Morgan fingerprint density at radius 3 is 0.679 bits per heavy atom. The summed E-state index contributed by atoms with van der Waals surface area (Å²) in [6.07, 6.45) is 24.1. The Kier molecular flexibility index (Phi) is 26.1. The first-order valence-corrected chi connectivity index (χ1v) is 20.1. The number of aryl methyl sites for hydroxylation is 4. The molecule has 4 aromatic rings. The van der Waals surface area contributed by atoms with Gasteiger partial charge >= 0.3 is 22.8 Å². The van der Waals surface area contributed by atoms with Gasteiger partial charge in [0.05, 0.1) is 0 Å². The lowest BCUT2D eigenvalue weighted by atomic mass is 10.2. The van der Waals surface area contributed by atoms with E-state index in [4.69, 9.17) is 0 Å². The lowest BCUT2D eigenvalue weighted by Crippen LogP contribution is -2.28. The lowest BCUT2D eigenvalue weighted by Gasteiger charge is -2.02. The van der Waals surface area contributed by atoms with Gasteiger partial charge < -0.3 is 18.3 Å². The topological polar surface area (TPSA) is 219 Å². The van der Waals surface area contributed by atoms with Crippen LogP contribution in [0.4, 0.5) is 0 Å². The Balaban J connectivity index is 0.000000373. The van der Waals surface area contributed by atoms with Crippen LogP contribution in [-0.4, -0.2) is 38.2 Å². The molecule has 16 heteroatoms. The first-order valence-electron chi connectivity index (χ1n) is 20.1. The van der Waals surface area contributed by atoms with Crippen molar-refractivity contribution in [3.63, 3.8) is 0 Å². The number of hydrogen-bond donors (Lipinski definition) is 4. The van der Waals surface area contributed by atoms with Gasteiger partial charge in [-0.05, 0) is 25.7 Å². The molecule has 0 aliphatic rings. The summed E-state index contributed by atoms with van der Waals surface area (Å²) in [4.78, 5) is 96.8. The predicted octanol–water partition coefficient (Wildman–Crippen LogP) is 4.47. The molecule has 0 saturated heterocycles. The monoisotopic (exact) mass is 784 g/mol. The van der Waals surface area contributed by atoms with Gasteiger partial charge in [0.1, 0.15) is 0 Å². The molecule has 0 saturated carbocycles. The number of aromatic nitrogens is 8. The second kappa shape index (κ2) is 30.0. The number of nitrogens with one attached hydrogen (secondary N) is 4. The highest BCUT2D eigenvalue weighted by molar-refractivity contribution is 4.84. The first-order chi connectivity index (χ1) is 26.9. The van der Waals surface area contributed by atoms with Crippen molar-refractivity contribution in [2.75, 3.05) is 0 Å². The molecule has 0 amide bonds. The Morgan fingerprint density at radius 2 is 0.518 bits per heavy atom. The minimum atomic E-state index is -0.334. The molecule has 4 heterocycles. The summed E-state index contributed by atoms with van der Waals surface area (Å²) < 4.78 is 6.15. The second-order valence-electron chi connectivity index (χ2n) is 13.5. The van der Waals surface area contributed by atoms with Crippen molar-refractivity contribution >= 4 is 0 Å². The lowest BCUT2D eigenvalue weighted by molar-refractivity contribution is 0.560. The van der Waals surface area contributed by atoms with E-state index in [1.807, 2.05) is 0 Å². The number of hydrogen-bond acceptors (Lipinski definition) is 8. The predicted molar refractivity (Wildman–Crippen MR) is 222 cm³/mol. The normalized spacial score (nSPS) is 10.4. The van der Waals surface area contributed by atoms with Crippen molar-refractivity contribution in [1.82, 2.24) is 38.2 Å². The smallest absolute Gasteiger partial charge is 0.301 e. The van der Waals surface area contributed by atoms with E-state index in [1.54, 1.807) is 24.8 Å². The standard InChI is InChI=1S/4C10H16N2O2/c4*1-2-3-4-5-7-12-8-6-9(13)11-10(12)14/h4*6,8H,2-5,7H2,1H3,(H,11,13,14). The maximum Gasteiger partial charge on any atom is 0.328 e. The van der Waals surface area contributed by atoms with Crippen LogP contribution < -0.4 is 45.0 Å². The highest BCUT2D eigenvalue weighted by Crippen LogP contribution is 2.02. The van der Waals surface area contributed by atoms with Gasteiger partial charge in [-0.15, -0.1) is 0 Å². The van der Waals surface area contributed by atoms with Crippen LogP contribution >= 0.6 is 0 Å². The molecule has 0 aliphatic carbocycles. The Hall–Kier alpha value is -5.28. The third-order valence-corrected chi connectivity index (χ3v) is 8.60. The van der Waals surface area contributed by atoms with Gasteiger partial charge in [-0.2, -0.15) is 0 Å². The van der Waals surface area contributed by atoms with Crippen LogP contribution in [-0.2, 0) is 26.2 Å². The molecule has 312 valence electrons. The summed E-state index contributed by atoms with van der Waals surface area (Å²) >= 11 is 0. The van der Waals surface area contributed by atoms with E-state index in [2.05, 4.69) is 47.6 Å². The molecule has 0 unspecified atom stereocenters. The summed E-state index contributed by atoms with van der Waals surface area (Å²) in [6.45, 7) is 11.3. The number of rotatable bonds is 20. The van der Waals surface area contributed by atoms with Crippen molar-refractivity contribution in [3.8, 4) is 0 Å². The van der Waals surface area contributed by atoms with Gasteiger partial charge in [0.2, 0.25) is 0 Å².